The quantitative estimate of drug-likeness (QED) is 0.874. The van der Waals surface area contributed by atoms with E-state index in [-0.39, 0.29) is 17.7 Å². The molecule has 2 rings (SSSR count). The summed E-state index contributed by atoms with van der Waals surface area (Å²) < 4.78 is 0. The summed E-state index contributed by atoms with van der Waals surface area (Å²) in [5.74, 6) is -0.992. The summed E-state index contributed by atoms with van der Waals surface area (Å²) in [7, 11) is 0. The molecule has 0 spiro atoms. The van der Waals surface area contributed by atoms with Crippen molar-refractivity contribution in [3.8, 4) is 0 Å². The molecule has 1 fully saturated rings. The first-order chi connectivity index (χ1) is 8.95. The summed E-state index contributed by atoms with van der Waals surface area (Å²) in [5, 5.41) is 11.7. The molecule has 0 bridgehead atoms. The summed E-state index contributed by atoms with van der Waals surface area (Å²) in [6.07, 6.45) is 1.63. The maximum Gasteiger partial charge on any atom is 0.306 e. The van der Waals surface area contributed by atoms with Crippen LogP contribution in [0.25, 0.3) is 0 Å². The molecule has 102 valence electrons. The van der Waals surface area contributed by atoms with E-state index in [0.29, 0.717) is 25.1 Å². The highest BCUT2D eigenvalue weighted by atomic mass is 16.4. The lowest BCUT2D eigenvalue weighted by molar-refractivity contribution is -0.141. The molecule has 1 aromatic heterocycles. The van der Waals surface area contributed by atoms with Gasteiger partial charge in [-0.2, -0.15) is 0 Å². The fraction of sp³-hybridized carbons (Fsp3) is 0.500. The maximum absolute atomic E-state index is 12.1. The number of nitrogens with zero attached hydrogens (tertiary/aromatic N) is 1. The molecule has 1 aliphatic carbocycles. The van der Waals surface area contributed by atoms with Crippen molar-refractivity contribution in [1.29, 1.82) is 0 Å². The van der Waals surface area contributed by atoms with Crippen LogP contribution in [0.2, 0.25) is 0 Å². The van der Waals surface area contributed by atoms with E-state index in [0.717, 1.165) is 11.3 Å². The Morgan fingerprint density at radius 2 is 1.95 bits per heavy atom. The molecule has 5 heteroatoms. The number of hydrogen-bond donors (Lipinski definition) is 2. The van der Waals surface area contributed by atoms with E-state index in [1.165, 1.54) is 0 Å². The second kappa shape index (κ2) is 5.38. The van der Waals surface area contributed by atoms with Gasteiger partial charge in [0.2, 0.25) is 5.91 Å². The van der Waals surface area contributed by atoms with Gasteiger partial charge in [-0.1, -0.05) is 0 Å². The van der Waals surface area contributed by atoms with Crippen LogP contribution in [0.5, 0.6) is 0 Å². The molecule has 2 unspecified atom stereocenters. The third-order valence-corrected chi connectivity index (χ3v) is 3.50. The first-order valence-electron chi connectivity index (χ1n) is 6.44. The van der Waals surface area contributed by atoms with Crippen LogP contribution in [0, 0.1) is 25.7 Å². The molecule has 1 aliphatic rings. The average Bonchev–Trinajstić information content (AvgIpc) is 2.76. The van der Waals surface area contributed by atoms with Crippen LogP contribution in [0.15, 0.2) is 12.1 Å². The molecule has 2 atom stereocenters. The number of pyridine rings is 1. The van der Waals surface area contributed by atoms with E-state index in [1.807, 2.05) is 26.0 Å². The number of aromatic nitrogens is 1. The second-order valence-electron chi connectivity index (χ2n) is 5.21. The number of hydrogen-bond acceptors (Lipinski definition) is 3. The van der Waals surface area contributed by atoms with E-state index in [9.17, 15) is 9.59 Å². The van der Waals surface area contributed by atoms with E-state index in [1.54, 1.807) is 0 Å². The zero-order valence-electron chi connectivity index (χ0n) is 11.1. The minimum absolute atomic E-state index is 0.124. The molecular weight excluding hydrogens is 244 g/mol. The van der Waals surface area contributed by atoms with Gasteiger partial charge in [0.15, 0.2) is 0 Å². The van der Waals surface area contributed by atoms with Crippen molar-refractivity contribution in [3.05, 3.63) is 23.4 Å². The van der Waals surface area contributed by atoms with Gasteiger partial charge in [0.05, 0.1) is 5.92 Å². The molecule has 0 aromatic carbocycles. The van der Waals surface area contributed by atoms with Crippen LogP contribution in [0.4, 0.5) is 5.82 Å². The van der Waals surface area contributed by atoms with Crippen LogP contribution in [-0.4, -0.2) is 22.0 Å². The summed E-state index contributed by atoms with van der Waals surface area (Å²) in [4.78, 5) is 27.2. The minimum atomic E-state index is -0.806. The van der Waals surface area contributed by atoms with Crippen molar-refractivity contribution in [2.75, 3.05) is 5.32 Å². The Balaban J connectivity index is 2.00. The van der Waals surface area contributed by atoms with Crippen LogP contribution in [0.1, 0.15) is 30.5 Å². The number of carboxylic acid groups (broad SMARTS) is 1. The van der Waals surface area contributed by atoms with Crippen molar-refractivity contribution in [2.24, 2.45) is 11.8 Å². The van der Waals surface area contributed by atoms with Crippen LogP contribution >= 0.6 is 0 Å². The maximum atomic E-state index is 12.1. The molecule has 0 radical (unpaired) electrons. The number of nitrogens with one attached hydrogen (secondary N) is 1. The largest absolute Gasteiger partial charge is 0.481 e. The highest BCUT2D eigenvalue weighted by Crippen LogP contribution is 2.31. The lowest BCUT2D eigenvalue weighted by Crippen LogP contribution is -2.22. The van der Waals surface area contributed by atoms with E-state index < -0.39 is 5.97 Å². The highest BCUT2D eigenvalue weighted by molar-refractivity contribution is 5.92. The van der Waals surface area contributed by atoms with Gasteiger partial charge in [0, 0.05) is 11.6 Å². The number of carboxylic acids is 1. The molecule has 0 aliphatic heterocycles. The topological polar surface area (TPSA) is 79.3 Å². The van der Waals surface area contributed by atoms with E-state index >= 15 is 0 Å². The number of anilines is 1. The molecule has 1 amide bonds. The first-order valence-corrected chi connectivity index (χ1v) is 6.44. The monoisotopic (exact) mass is 262 g/mol. The predicted octanol–water partition coefficient (Wildman–Crippen LogP) is 2.14. The van der Waals surface area contributed by atoms with Crippen molar-refractivity contribution in [1.82, 2.24) is 4.98 Å². The number of aliphatic carboxylic acids is 1. The molecule has 1 saturated carbocycles. The lowest BCUT2D eigenvalue weighted by atomic mass is 10.0. The van der Waals surface area contributed by atoms with Gasteiger partial charge in [-0.15, -0.1) is 0 Å². The van der Waals surface area contributed by atoms with Crippen molar-refractivity contribution in [3.63, 3.8) is 0 Å². The number of carbonyl (C=O) groups excluding carboxylic acids is 1. The summed E-state index contributed by atoms with van der Waals surface area (Å²) in [6.45, 7) is 3.82. The van der Waals surface area contributed by atoms with Crippen LogP contribution in [-0.2, 0) is 9.59 Å². The van der Waals surface area contributed by atoms with E-state index in [2.05, 4.69) is 10.3 Å². The van der Waals surface area contributed by atoms with Crippen LogP contribution < -0.4 is 5.32 Å². The van der Waals surface area contributed by atoms with Gasteiger partial charge in [0.25, 0.3) is 0 Å². The predicted molar refractivity (Wildman–Crippen MR) is 70.8 cm³/mol. The van der Waals surface area contributed by atoms with Gasteiger partial charge in [-0.05, 0) is 50.8 Å². The third-order valence-electron chi connectivity index (χ3n) is 3.50. The Morgan fingerprint density at radius 1 is 1.26 bits per heavy atom. The summed E-state index contributed by atoms with van der Waals surface area (Å²) >= 11 is 0. The van der Waals surface area contributed by atoms with Crippen molar-refractivity contribution in [2.45, 2.75) is 33.1 Å². The Morgan fingerprint density at radius 3 is 2.53 bits per heavy atom. The number of amides is 1. The zero-order chi connectivity index (χ0) is 14.0. The SMILES string of the molecule is Cc1cc(C)nc(NC(=O)C2CCC(C(=O)O)C2)c1. The third kappa shape index (κ3) is 3.30. The molecule has 2 N–H and O–H groups in total. The van der Waals surface area contributed by atoms with Gasteiger partial charge in [0.1, 0.15) is 5.82 Å². The molecule has 1 heterocycles. The zero-order valence-corrected chi connectivity index (χ0v) is 11.1. The second-order valence-corrected chi connectivity index (χ2v) is 5.21. The van der Waals surface area contributed by atoms with Gasteiger partial charge in [-0.25, -0.2) is 4.98 Å². The number of aryl methyl sites for hydroxylation is 2. The molecule has 1 aromatic rings. The standard InChI is InChI=1S/C14H18N2O3/c1-8-5-9(2)15-12(6-8)16-13(17)10-3-4-11(7-10)14(18)19/h5-6,10-11H,3-4,7H2,1-2H3,(H,18,19)(H,15,16,17). The minimum Gasteiger partial charge on any atom is -0.481 e. The fourth-order valence-corrected chi connectivity index (χ4v) is 2.58. The Labute approximate surface area is 112 Å². The molecule has 0 saturated heterocycles. The Bertz CT molecular complexity index is 493. The van der Waals surface area contributed by atoms with E-state index in [4.69, 9.17) is 5.11 Å². The van der Waals surface area contributed by atoms with Crippen molar-refractivity contribution < 1.29 is 14.7 Å². The fourth-order valence-electron chi connectivity index (χ4n) is 2.58. The summed E-state index contributed by atoms with van der Waals surface area (Å²) in [5.41, 5.74) is 1.89. The Kier molecular flexibility index (Phi) is 3.83. The highest BCUT2D eigenvalue weighted by Gasteiger charge is 2.33. The smallest absolute Gasteiger partial charge is 0.306 e. The van der Waals surface area contributed by atoms with Gasteiger partial charge < -0.3 is 10.4 Å². The van der Waals surface area contributed by atoms with Gasteiger partial charge >= 0.3 is 5.97 Å². The number of carbonyl (C=O) groups is 2. The molecule has 19 heavy (non-hydrogen) atoms. The lowest BCUT2D eigenvalue weighted by Gasteiger charge is -2.11. The molecule has 5 nitrogen and oxygen atoms in total. The number of rotatable bonds is 3. The van der Waals surface area contributed by atoms with Gasteiger partial charge in [-0.3, -0.25) is 9.59 Å². The summed E-state index contributed by atoms with van der Waals surface area (Å²) in [6, 6.07) is 3.75. The first kappa shape index (κ1) is 13.5. The molecular formula is C14H18N2O3. The Hall–Kier alpha value is -1.91. The average molecular weight is 262 g/mol. The normalized spacial score (nSPS) is 22.2. The van der Waals surface area contributed by atoms with Crippen LogP contribution in [0.3, 0.4) is 0 Å². The van der Waals surface area contributed by atoms with Crippen molar-refractivity contribution >= 4 is 17.7 Å².